The fourth-order valence-corrected chi connectivity index (χ4v) is 3.73. The average Bonchev–Trinajstić information content (AvgIpc) is 3.14. The lowest BCUT2D eigenvalue weighted by atomic mass is 10.1. The highest BCUT2D eigenvalue weighted by Gasteiger charge is 2.20. The topological polar surface area (TPSA) is 49.6 Å². The normalized spacial score (nSPS) is 15.2. The minimum Gasteiger partial charge on any atom is -0.353 e. The summed E-state index contributed by atoms with van der Waals surface area (Å²) in [5, 5.41) is 4.92. The minimum atomic E-state index is -0.286. The van der Waals surface area contributed by atoms with Gasteiger partial charge in [-0.2, -0.15) is 0 Å². The smallest absolute Gasteiger partial charge is 0.155 e. The molecule has 146 valence electrons. The highest BCUT2D eigenvalue weighted by molar-refractivity contribution is 5.81. The van der Waals surface area contributed by atoms with E-state index in [9.17, 15) is 4.39 Å². The molecule has 1 aromatic carbocycles. The van der Waals surface area contributed by atoms with Gasteiger partial charge in [0, 0.05) is 49.7 Å². The van der Waals surface area contributed by atoms with Gasteiger partial charge in [0.25, 0.3) is 0 Å². The van der Waals surface area contributed by atoms with Gasteiger partial charge in [0.15, 0.2) is 5.65 Å². The molecule has 4 heterocycles. The molecule has 4 aromatic rings. The van der Waals surface area contributed by atoms with Crippen LogP contribution < -0.4 is 4.90 Å². The summed E-state index contributed by atoms with van der Waals surface area (Å²) in [7, 11) is 2.14. The molecule has 0 unspecified atom stereocenters. The van der Waals surface area contributed by atoms with Crippen LogP contribution in [-0.4, -0.2) is 57.7 Å². The maximum atomic E-state index is 13.9. The molecule has 0 saturated carbocycles. The second-order valence-corrected chi connectivity index (χ2v) is 7.31. The number of benzene rings is 1. The number of halogens is 1. The SMILES string of the molecule is CN1CCN(c2ccc3nc(-c4cccc(F)c4)c(-c4ccncc4)n3n2)CC1. The fourth-order valence-electron chi connectivity index (χ4n) is 3.73. The predicted molar refractivity (Wildman–Crippen MR) is 111 cm³/mol. The molecule has 29 heavy (non-hydrogen) atoms. The standard InChI is InChI=1S/C22H21FN6/c1-27-11-13-28(14-12-27)20-6-5-19-25-21(17-3-2-4-18(23)15-17)22(29(19)26-20)16-7-9-24-10-8-16/h2-10,15H,11-14H2,1H3. The highest BCUT2D eigenvalue weighted by Crippen LogP contribution is 2.33. The average molecular weight is 388 g/mol. The summed E-state index contributed by atoms with van der Waals surface area (Å²) in [6.45, 7) is 3.89. The van der Waals surface area contributed by atoms with Crippen molar-refractivity contribution < 1.29 is 4.39 Å². The van der Waals surface area contributed by atoms with Crippen LogP contribution in [0.1, 0.15) is 0 Å². The Morgan fingerprint density at radius 2 is 1.69 bits per heavy atom. The molecular formula is C22H21FN6. The van der Waals surface area contributed by atoms with E-state index >= 15 is 0 Å². The van der Waals surface area contributed by atoms with Gasteiger partial charge in [0.2, 0.25) is 0 Å². The lowest BCUT2D eigenvalue weighted by molar-refractivity contribution is 0.311. The van der Waals surface area contributed by atoms with Gasteiger partial charge in [0.05, 0.1) is 5.69 Å². The molecule has 0 spiro atoms. The van der Waals surface area contributed by atoms with Crippen molar-refractivity contribution >= 4 is 11.5 Å². The quantitative estimate of drug-likeness (QED) is 0.539. The van der Waals surface area contributed by atoms with Crippen LogP contribution in [0, 0.1) is 5.82 Å². The molecule has 0 bridgehead atoms. The summed E-state index contributed by atoms with van der Waals surface area (Å²) in [4.78, 5) is 13.5. The summed E-state index contributed by atoms with van der Waals surface area (Å²) >= 11 is 0. The molecule has 5 rings (SSSR count). The van der Waals surface area contributed by atoms with Crippen molar-refractivity contribution in [3.63, 3.8) is 0 Å². The molecule has 7 heteroatoms. The number of fused-ring (bicyclic) bond motifs is 1. The van der Waals surface area contributed by atoms with E-state index in [0.29, 0.717) is 5.69 Å². The third-order valence-corrected chi connectivity index (χ3v) is 5.34. The van der Waals surface area contributed by atoms with Gasteiger partial charge in [-0.3, -0.25) is 4.98 Å². The zero-order chi connectivity index (χ0) is 19.8. The van der Waals surface area contributed by atoms with Crippen molar-refractivity contribution in [2.75, 3.05) is 38.1 Å². The van der Waals surface area contributed by atoms with E-state index in [-0.39, 0.29) is 5.82 Å². The van der Waals surface area contributed by atoms with Crippen molar-refractivity contribution in [2.24, 2.45) is 0 Å². The number of imidazole rings is 1. The number of hydrogen-bond donors (Lipinski definition) is 0. The summed E-state index contributed by atoms with van der Waals surface area (Å²) in [6.07, 6.45) is 3.49. The molecule has 3 aromatic heterocycles. The first-order valence-electron chi connectivity index (χ1n) is 9.69. The van der Waals surface area contributed by atoms with Crippen molar-refractivity contribution in [2.45, 2.75) is 0 Å². The van der Waals surface area contributed by atoms with Gasteiger partial charge >= 0.3 is 0 Å². The summed E-state index contributed by atoms with van der Waals surface area (Å²) in [5.74, 6) is 0.635. The molecular weight excluding hydrogens is 367 g/mol. The van der Waals surface area contributed by atoms with Gasteiger partial charge < -0.3 is 9.80 Å². The van der Waals surface area contributed by atoms with E-state index in [4.69, 9.17) is 10.1 Å². The zero-order valence-corrected chi connectivity index (χ0v) is 16.2. The Kier molecular flexibility index (Phi) is 4.44. The van der Waals surface area contributed by atoms with Crippen molar-refractivity contribution in [1.29, 1.82) is 0 Å². The Bertz CT molecular complexity index is 1150. The number of anilines is 1. The predicted octanol–water partition coefficient (Wildman–Crippen LogP) is 3.35. The number of likely N-dealkylation sites (N-methyl/N-ethyl adjacent to an activating group) is 1. The van der Waals surface area contributed by atoms with Crippen LogP contribution in [0.25, 0.3) is 28.2 Å². The molecule has 0 atom stereocenters. The van der Waals surface area contributed by atoms with Crippen molar-refractivity contribution in [3.05, 3.63) is 66.7 Å². The van der Waals surface area contributed by atoms with Crippen LogP contribution >= 0.6 is 0 Å². The summed E-state index contributed by atoms with van der Waals surface area (Å²) in [6, 6.07) is 14.4. The van der Waals surface area contributed by atoms with Gasteiger partial charge in [0.1, 0.15) is 17.3 Å². The second-order valence-electron chi connectivity index (χ2n) is 7.31. The number of piperazine rings is 1. The van der Waals surface area contributed by atoms with Crippen LogP contribution in [-0.2, 0) is 0 Å². The second kappa shape index (κ2) is 7.25. The molecule has 0 radical (unpaired) electrons. The number of pyridine rings is 1. The zero-order valence-electron chi connectivity index (χ0n) is 16.2. The Morgan fingerprint density at radius 3 is 2.45 bits per heavy atom. The number of hydrogen-bond acceptors (Lipinski definition) is 5. The minimum absolute atomic E-state index is 0.286. The van der Waals surface area contributed by atoms with E-state index in [1.54, 1.807) is 18.5 Å². The van der Waals surface area contributed by atoms with Gasteiger partial charge in [-0.15, -0.1) is 5.10 Å². The van der Waals surface area contributed by atoms with Crippen LogP contribution in [0.5, 0.6) is 0 Å². The first-order chi connectivity index (χ1) is 14.2. The lowest BCUT2D eigenvalue weighted by Crippen LogP contribution is -2.44. The van der Waals surface area contributed by atoms with Crippen molar-refractivity contribution in [1.82, 2.24) is 24.5 Å². The van der Waals surface area contributed by atoms with E-state index in [1.807, 2.05) is 34.8 Å². The molecule has 0 N–H and O–H groups in total. The molecule has 1 saturated heterocycles. The van der Waals surface area contributed by atoms with Gasteiger partial charge in [-0.1, -0.05) is 12.1 Å². The van der Waals surface area contributed by atoms with Gasteiger partial charge in [-0.25, -0.2) is 13.9 Å². The Balaban J connectivity index is 1.69. The maximum Gasteiger partial charge on any atom is 0.155 e. The molecule has 1 aliphatic rings. The Labute approximate surface area is 168 Å². The molecule has 6 nitrogen and oxygen atoms in total. The van der Waals surface area contributed by atoms with Crippen LogP contribution in [0.3, 0.4) is 0 Å². The van der Waals surface area contributed by atoms with E-state index in [1.165, 1.54) is 12.1 Å². The van der Waals surface area contributed by atoms with Crippen molar-refractivity contribution in [3.8, 4) is 22.5 Å². The fraction of sp³-hybridized carbons (Fsp3) is 0.227. The Hall–Kier alpha value is -3.32. The summed E-state index contributed by atoms with van der Waals surface area (Å²) < 4.78 is 15.8. The molecule has 1 fully saturated rings. The summed E-state index contributed by atoms with van der Waals surface area (Å²) in [5.41, 5.74) is 3.94. The van der Waals surface area contributed by atoms with E-state index in [2.05, 4.69) is 21.8 Å². The highest BCUT2D eigenvalue weighted by atomic mass is 19.1. The number of rotatable bonds is 3. The van der Waals surface area contributed by atoms with E-state index in [0.717, 1.165) is 54.5 Å². The third-order valence-electron chi connectivity index (χ3n) is 5.34. The first-order valence-corrected chi connectivity index (χ1v) is 9.69. The Morgan fingerprint density at radius 1 is 0.897 bits per heavy atom. The lowest BCUT2D eigenvalue weighted by Gasteiger charge is -2.33. The number of nitrogens with zero attached hydrogens (tertiary/aromatic N) is 6. The molecule has 1 aliphatic heterocycles. The third kappa shape index (κ3) is 3.34. The van der Waals surface area contributed by atoms with Crippen LogP contribution in [0.2, 0.25) is 0 Å². The van der Waals surface area contributed by atoms with E-state index < -0.39 is 0 Å². The molecule has 0 amide bonds. The number of aromatic nitrogens is 4. The maximum absolute atomic E-state index is 13.9. The van der Waals surface area contributed by atoms with Crippen LogP contribution in [0.15, 0.2) is 60.9 Å². The first kappa shape index (κ1) is 17.8. The van der Waals surface area contributed by atoms with Gasteiger partial charge in [-0.05, 0) is 43.4 Å². The molecule has 0 aliphatic carbocycles. The van der Waals surface area contributed by atoms with Crippen LogP contribution in [0.4, 0.5) is 10.2 Å². The monoisotopic (exact) mass is 388 g/mol. The largest absolute Gasteiger partial charge is 0.353 e.